The van der Waals surface area contributed by atoms with Crippen LogP contribution in [0.25, 0.3) is 0 Å². The van der Waals surface area contributed by atoms with Crippen LogP contribution in [0.5, 0.6) is 0 Å². The maximum absolute atomic E-state index is 11.7. The first-order chi connectivity index (χ1) is 9.30. The van der Waals surface area contributed by atoms with E-state index in [0.29, 0.717) is 0 Å². The van der Waals surface area contributed by atoms with Crippen molar-refractivity contribution >= 4 is 11.8 Å². The van der Waals surface area contributed by atoms with E-state index in [-0.39, 0.29) is 0 Å². The highest BCUT2D eigenvalue weighted by atomic mass is 16.6. The topological polar surface area (TPSA) is 41.6 Å². The van der Waals surface area contributed by atoms with E-state index >= 15 is 0 Å². The van der Waals surface area contributed by atoms with E-state index in [0.717, 1.165) is 25.2 Å². The quantitative estimate of drug-likeness (QED) is 0.888. The maximum atomic E-state index is 11.7. The van der Waals surface area contributed by atoms with Gasteiger partial charge in [-0.25, -0.2) is 4.79 Å². The number of hydrogen-bond donors (Lipinski definition) is 1. The van der Waals surface area contributed by atoms with Crippen molar-refractivity contribution in [3.8, 4) is 0 Å². The minimum atomic E-state index is -0.483. The second kappa shape index (κ2) is 7.29. The molecule has 0 aliphatic rings. The van der Waals surface area contributed by atoms with Crippen LogP contribution in [-0.2, 0) is 11.3 Å². The summed E-state index contributed by atoms with van der Waals surface area (Å²) < 4.78 is 5.24. The zero-order chi connectivity index (χ0) is 15.2. The molecule has 0 spiro atoms. The highest BCUT2D eigenvalue weighted by Crippen LogP contribution is 2.14. The fraction of sp³-hybridized carbons (Fsp3) is 0.562. The molecule has 1 amide bonds. The van der Waals surface area contributed by atoms with Crippen molar-refractivity contribution in [2.24, 2.45) is 0 Å². The van der Waals surface area contributed by atoms with Gasteiger partial charge in [-0.05, 0) is 58.5 Å². The number of ether oxygens (including phenoxy) is 1. The maximum Gasteiger partial charge on any atom is 0.412 e. The average Bonchev–Trinajstić information content (AvgIpc) is 2.26. The number of rotatable bonds is 5. The summed E-state index contributed by atoms with van der Waals surface area (Å²) in [5, 5.41) is 2.76. The molecule has 0 unspecified atom stereocenters. The van der Waals surface area contributed by atoms with E-state index in [9.17, 15) is 4.79 Å². The number of nitrogens with zero attached hydrogens (tertiary/aromatic N) is 1. The predicted octanol–water partition coefficient (Wildman–Crippen LogP) is 3.88. The van der Waals surface area contributed by atoms with E-state index in [1.165, 1.54) is 5.56 Å². The summed E-state index contributed by atoms with van der Waals surface area (Å²) in [6.45, 7) is 9.65. The van der Waals surface area contributed by atoms with E-state index in [1.54, 1.807) is 0 Å². The third-order valence-electron chi connectivity index (χ3n) is 2.63. The van der Waals surface area contributed by atoms with Gasteiger partial charge in [0.15, 0.2) is 0 Å². The number of nitrogens with one attached hydrogen (secondary N) is 1. The molecule has 1 aromatic rings. The standard InChI is InChI=1S/C16H26N2O2/c1-6-10-18(5)12-13-8-7-9-14(11-13)17-15(19)20-16(2,3)4/h7-9,11H,6,10,12H2,1-5H3,(H,17,19). The Morgan fingerprint density at radius 1 is 1.35 bits per heavy atom. The molecule has 0 aliphatic heterocycles. The Balaban J connectivity index is 2.62. The molecule has 0 aromatic heterocycles. The highest BCUT2D eigenvalue weighted by Gasteiger charge is 2.16. The molecule has 0 saturated carbocycles. The zero-order valence-electron chi connectivity index (χ0n) is 13.2. The van der Waals surface area contributed by atoms with Crippen LogP contribution in [0, 0.1) is 0 Å². The summed E-state index contributed by atoms with van der Waals surface area (Å²) in [5.41, 5.74) is 1.46. The summed E-state index contributed by atoms with van der Waals surface area (Å²) in [6.07, 6.45) is 0.711. The van der Waals surface area contributed by atoms with Gasteiger partial charge in [0.2, 0.25) is 0 Å². The fourth-order valence-corrected chi connectivity index (χ4v) is 1.94. The Bertz CT molecular complexity index is 438. The molecular weight excluding hydrogens is 252 g/mol. The first-order valence-corrected chi connectivity index (χ1v) is 7.07. The Labute approximate surface area is 122 Å². The second-order valence-electron chi connectivity index (χ2n) is 6.07. The van der Waals surface area contributed by atoms with Gasteiger partial charge in [-0.3, -0.25) is 5.32 Å². The normalized spacial score (nSPS) is 11.5. The molecule has 0 bridgehead atoms. The lowest BCUT2D eigenvalue weighted by molar-refractivity contribution is 0.0636. The van der Waals surface area contributed by atoms with E-state index in [1.807, 2.05) is 39.0 Å². The van der Waals surface area contributed by atoms with Crippen LogP contribution in [0.3, 0.4) is 0 Å². The molecule has 112 valence electrons. The molecular formula is C16H26N2O2. The zero-order valence-corrected chi connectivity index (χ0v) is 13.2. The van der Waals surface area contributed by atoms with Crippen LogP contribution in [0.2, 0.25) is 0 Å². The Hall–Kier alpha value is -1.55. The summed E-state index contributed by atoms with van der Waals surface area (Å²) in [5.74, 6) is 0. The molecule has 0 fully saturated rings. The number of amides is 1. The van der Waals surface area contributed by atoms with Crippen LogP contribution < -0.4 is 5.32 Å². The van der Waals surface area contributed by atoms with Gasteiger partial charge in [0.05, 0.1) is 0 Å². The van der Waals surface area contributed by atoms with Gasteiger partial charge in [0, 0.05) is 12.2 Å². The van der Waals surface area contributed by atoms with Gasteiger partial charge in [-0.2, -0.15) is 0 Å². The van der Waals surface area contributed by atoms with Crippen molar-refractivity contribution in [3.05, 3.63) is 29.8 Å². The summed E-state index contributed by atoms with van der Waals surface area (Å²) in [4.78, 5) is 14.0. The molecule has 4 heteroatoms. The van der Waals surface area contributed by atoms with Crippen LogP contribution in [0.1, 0.15) is 39.7 Å². The summed E-state index contributed by atoms with van der Waals surface area (Å²) in [6, 6.07) is 7.86. The minimum Gasteiger partial charge on any atom is -0.444 e. The molecule has 0 saturated heterocycles. The summed E-state index contributed by atoms with van der Waals surface area (Å²) in [7, 11) is 2.09. The van der Waals surface area contributed by atoms with Crippen molar-refractivity contribution in [1.29, 1.82) is 0 Å². The third-order valence-corrected chi connectivity index (χ3v) is 2.63. The Morgan fingerprint density at radius 3 is 2.65 bits per heavy atom. The minimum absolute atomic E-state index is 0.420. The number of carbonyl (C=O) groups is 1. The van der Waals surface area contributed by atoms with Gasteiger partial charge >= 0.3 is 6.09 Å². The van der Waals surface area contributed by atoms with Gasteiger partial charge < -0.3 is 9.64 Å². The molecule has 20 heavy (non-hydrogen) atoms. The molecule has 0 heterocycles. The smallest absolute Gasteiger partial charge is 0.412 e. The molecule has 4 nitrogen and oxygen atoms in total. The van der Waals surface area contributed by atoms with Crippen molar-refractivity contribution in [2.75, 3.05) is 18.9 Å². The second-order valence-corrected chi connectivity index (χ2v) is 6.07. The third kappa shape index (κ3) is 6.57. The van der Waals surface area contributed by atoms with E-state index in [2.05, 4.69) is 30.3 Å². The number of carbonyl (C=O) groups excluding carboxylic acids is 1. The van der Waals surface area contributed by atoms with Crippen LogP contribution in [0.4, 0.5) is 10.5 Å². The lowest BCUT2D eigenvalue weighted by Crippen LogP contribution is -2.27. The van der Waals surface area contributed by atoms with Crippen molar-refractivity contribution < 1.29 is 9.53 Å². The fourth-order valence-electron chi connectivity index (χ4n) is 1.94. The first-order valence-electron chi connectivity index (χ1n) is 7.07. The van der Waals surface area contributed by atoms with Crippen molar-refractivity contribution in [1.82, 2.24) is 4.90 Å². The first kappa shape index (κ1) is 16.5. The number of benzene rings is 1. The lowest BCUT2D eigenvalue weighted by atomic mass is 10.2. The molecule has 1 rings (SSSR count). The van der Waals surface area contributed by atoms with Gasteiger partial charge in [-0.1, -0.05) is 19.1 Å². The molecule has 0 radical (unpaired) electrons. The SMILES string of the molecule is CCCN(C)Cc1cccc(NC(=O)OC(C)(C)C)c1. The van der Waals surface area contributed by atoms with Gasteiger partial charge in [0.25, 0.3) is 0 Å². The number of anilines is 1. The highest BCUT2D eigenvalue weighted by molar-refractivity contribution is 5.84. The molecule has 0 atom stereocenters. The summed E-state index contributed by atoms with van der Waals surface area (Å²) >= 11 is 0. The molecule has 1 aromatic carbocycles. The average molecular weight is 278 g/mol. The Kier molecular flexibility index (Phi) is 6.02. The largest absolute Gasteiger partial charge is 0.444 e. The predicted molar refractivity (Wildman–Crippen MR) is 82.9 cm³/mol. The van der Waals surface area contributed by atoms with E-state index < -0.39 is 11.7 Å². The molecule has 0 aliphatic carbocycles. The van der Waals surface area contributed by atoms with Crippen LogP contribution in [0.15, 0.2) is 24.3 Å². The van der Waals surface area contributed by atoms with Crippen LogP contribution in [-0.4, -0.2) is 30.2 Å². The van der Waals surface area contributed by atoms with Gasteiger partial charge in [-0.15, -0.1) is 0 Å². The monoisotopic (exact) mass is 278 g/mol. The van der Waals surface area contributed by atoms with E-state index in [4.69, 9.17) is 4.74 Å². The van der Waals surface area contributed by atoms with Crippen molar-refractivity contribution in [2.45, 2.75) is 46.3 Å². The number of hydrogen-bond acceptors (Lipinski definition) is 3. The van der Waals surface area contributed by atoms with Crippen LogP contribution >= 0.6 is 0 Å². The Morgan fingerprint density at radius 2 is 2.05 bits per heavy atom. The van der Waals surface area contributed by atoms with Gasteiger partial charge in [0.1, 0.15) is 5.60 Å². The lowest BCUT2D eigenvalue weighted by Gasteiger charge is -2.20. The van der Waals surface area contributed by atoms with Crippen molar-refractivity contribution in [3.63, 3.8) is 0 Å². The molecule has 1 N–H and O–H groups in total.